The standard InChI is InChI=1S/C14H17NO3S/c1-19(18)12-4-2-10(3-5-12)13(17)15-8-14(9-15)6-11(16)7-14/h2-5,11,16H,6-9H2,1H3. The van der Waals surface area contributed by atoms with E-state index in [-0.39, 0.29) is 17.4 Å². The molecule has 1 N–H and O–H groups in total. The van der Waals surface area contributed by atoms with Gasteiger partial charge in [0, 0.05) is 46.0 Å². The van der Waals surface area contributed by atoms with Gasteiger partial charge in [0.1, 0.15) is 0 Å². The molecule has 1 aromatic carbocycles. The molecule has 0 bridgehead atoms. The predicted molar refractivity (Wildman–Crippen MR) is 72.4 cm³/mol. The molecule has 0 radical (unpaired) electrons. The van der Waals surface area contributed by atoms with Crippen molar-refractivity contribution < 1.29 is 14.1 Å². The summed E-state index contributed by atoms with van der Waals surface area (Å²) in [4.78, 5) is 14.8. The third-order valence-electron chi connectivity index (χ3n) is 4.11. The van der Waals surface area contributed by atoms with Crippen molar-refractivity contribution in [2.24, 2.45) is 5.41 Å². The molecule has 1 amide bonds. The molecule has 2 aliphatic rings. The summed E-state index contributed by atoms with van der Waals surface area (Å²) in [5.41, 5.74) is 0.837. The lowest BCUT2D eigenvalue weighted by Gasteiger charge is -2.57. The smallest absolute Gasteiger partial charge is 0.253 e. The van der Waals surface area contributed by atoms with E-state index in [0.717, 1.165) is 30.8 Å². The Bertz CT molecular complexity index is 526. The average Bonchev–Trinajstić information content (AvgIpc) is 2.31. The molecule has 1 aliphatic carbocycles. The van der Waals surface area contributed by atoms with Crippen molar-refractivity contribution in [2.75, 3.05) is 19.3 Å². The van der Waals surface area contributed by atoms with Gasteiger partial charge in [-0.2, -0.15) is 0 Å². The number of aliphatic hydroxyl groups is 1. The van der Waals surface area contributed by atoms with Crippen LogP contribution in [0.15, 0.2) is 29.2 Å². The van der Waals surface area contributed by atoms with Gasteiger partial charge < -0.3 is 10.0 Å². The van der Waals surface area contributed by atoms with Gasteiger partial charge in [0.15, 0.2) is 0 Å². The molecule has 4 nitrogen and oxygen atoms in total. The number of rotatable bonds is 2. The van der Waals surface area contributed by atoms with E-state index in [9.17, 15) is 14.1 Å². The number of carbonyl (C=O) groups excluding carboxylic acids is 1. The van der Waals surface area contributed by atoms with Crippen LogP contribution in [0.2, 0.25) is 0 Å². The van der Waals surface area contributed by atoms with Crippen LogP contribution < -0.4 is 0 Å². The Morgan fingerprint density at radius 3 is 2.37 bits per heavy atom. The van der Waals surface area contributed by atoms with Crippen molar-refractivity contribution in [3.63, 3.8) is 0 Å². The molecule has 1 aliphatic heterocycles. The monoisotopic (exact) mass is 279 g/mol. The highest BCUT2D eigenvalue weighted by atomic mass is 32.2. The first-order valence-corrected chi connectivity index (χ1v) is 7.96. The summed E-state index contributed by atoms with van der Waals surface area (Å²) in [5, 5.41) is 9.34. The fourth-order valence-electron chi connectivity index (χ4n) is 3.08. The summed E-state index contributed by atoms with van der Waals surface area (Å²) in [6, 6.07) is 6.96. The van der Waals surface area contributed by atoms with Gasteiger partial charge in [-0.1, -0.05) is 0 Å². The number of nitrogens with zero attached hydrogens (tertiary/aromatic N) is 1. The average molecular weight is 279 g/mol. The minimum Gasteiger partial charge on any atom is -0.393 e. The molecule has 102 valence electrons. The zero-order valence-corrected chi connectivity index (χ0v) is 11.7. The van der Waals surface area contributed by atoms with Crippen LogP contribution in [0.1, 0.15) is 23.2 Å². The number of hydrogen-bond acceptors (Lipinski definition) is 3. The first kappa shape index (κ1) is 12.8. The zero-order valence-electron chi connectivity index (χ0n) is 10.8. The lowest BCUT2D eigenvalue weighted by Crippen LogP contribution is -2.64. The highest BCUT2D eigenvalue weighted by Crippen LogP contribution is 2.48. The maximum atomic E-state index is 12.2. The minimum atomic E-state index is -1.01. The summed E-state index contributed by atoms with van der Waals surface area (Å²) < 4.78 is 11.3. The van der Waals surface area contributed by atoms with Crippen molar-refractivity contribution in [3.05, 3.63) is 29.8 Å². The largest absolute Gasteiger partial charge is 0.393 e. The molecule has 19 heavy (non-hydrogen) atoms. The normalized spacial score (nSPS) is 22.7. The van der Waals surface area contributed by atoms with Gasteiger partial charge in [-0.25, -0.2) is 0 Å². The third kappa shape index (κ3) is 2.21. The second kappa shape index (κ2) is 4.42. The summed E-state index contributed by atoms with van der Waals surface area (Å²) in [5.74, 6) is 0.0282. The fourth-order valence-corrected chi connectivity index (χ4v) is 3.60. The van der Waals surface area contributed by atoms with E-state index in [1.54, 1.807) is 30.5 Å². The zero-order chi connectivity index (χ0) is 13.6. The maximum Gasteiger partial charge on any atom is 0.253 e. The van der Waals surface area contributed by atoms with Gasteiger partial charge >= 0.3 is 0 Å². The van der Waals surface area contributed by atoms with Crippen molar-refractivity contribution in [1.29, 1.82) is 0 Å². The third-order valence-corrected chi connectivity index (χ3v) is 5.05. The Labute approximate surface area is 114 Å². The second-order valence-corrected chi connectivity index (χ2v) is 7.08. The Kier molecular flexibility index (Phi) is 2.98. The van der Waals surface area contributed by atoms with E-state index in [0.29, 0.717) is 5.56 Å². The number of benzene rings is 1. The number of likely N-dealkylation sites (tertiary alicyclic amines) is 1. The highest BCUT2D eigenvalue weighted by molar-refractivity contribution is 7.84. The summed E-state index contributed by atoms with van der Waals surface area (Å²) in [6.07, 6.45) is 3.10. The summed E-state index contributed by atoms with van der Waals surface area (Å²) in [6.45, 7) is 1.51. The van der Waals surface area contributed by atoms with Gasteiger partial charge in [0.2, 0.25) is 0 Å². The van der Waals surface area contributed by atoms with Gasteiger partial charge in [0.05, 0.1) is 6.10 Å². The molecule has 1 atom stereocenters. The quantitative estimate of drug-likeness (QED) is 0.879. The van der Waals surface area contributed by atoms with Crippen LogP contribution >= 0.6 is 0 Å². The lowest BCUT2D eigenvalue weighted by atomic mass is 9.62. The molecule has 1 spiro atoms. The van der Waals surface area contributed by atoms with Crippen molar-refractivity contribution in [3.8, 4) is 0 Å². The first-order chi connectivity index (χ1) is 8.99. The Hall–Kier alpha value is -1.20. The molecular weight excluding hydrogens is 262 g/mol. The molecule has 1 aromatic rings. The molecule has 3 rings (SSSR count). The number of amides is 1. The van der Waals surface area contributed by atoms with E-state index in [2.05, 4.69) is 0 Å². The molecule has 5 heteroatoms. The number of aliphatic hydroxyl groups excluding tert-OH is 1. The molecule has 1 saturated carbocycles. The van der Waals surface area contributed by atoms with Crippen LogP contribution in [0.4, 0.5) is 0 Å². The minimum absolute atomic E-state index is 0.0282. The highest BCUT2D eigenvalue weighted by Gasteiger charge is 2.53. The lowest BCUT2D eigenvalue weighted by molar-refractivity contribution is -0.113. The first-order valence-electron chi connectivity index (χ1n) is 6.40. The molecule has 0 aromatic heterocycles. The number of carbonyl (C=O) groups is 1. The maximum absolute atomic E-state index is 12.2. The Morgan fingerprint density at radius 1 is 1.32 bits per heavy atom. The topological polar surface area (TPSA) is 57.6 Å². The van der Waals surface area contributed by atoms with E-state index in [1.807, 2.05) is 4.90 Å². The van der Waals surface area contributed by atoms with Crippen LogP contribution in [0.5, 0.6) is 0 Å². The van der Waals surface area contributed by atoms with Crippen LogP contribution in [0.3, 0.4) is 0 Å². The fraction of sp³-hybridized carbons (Fsp3) is 0.500. The SMILES string of the molecule is CS(=O)c1ccc(C(=O)N2CC3(CC(O)C3)C2)cc1. The van der Waals surface area contributed by atoms with Crippen molar-refractivity contribution >= 4 is 16.7 Å². The van der Waals surface area contributed by atoms with Crippen LogP contribution in [0.25, 0.3) is 0 Å². The molecule has 1 heterocycles. The van der Waals surface area contributed by atoms with Crippen LogP contribution in [-0.2, 0) is 10.8 Å². The van der Waals surface area contributed by atoms with Crippen molar-refractivity contribution in [1.82, 2.24) is 4.90 Å². The Balaban J connectivity index is 1.64. The second-order valence-electron chi connectivity index (χ2n) is 5.70. The predicted octanol–water partition coefficient (Wildman–Crippen LogP) is 1.02. The van der Waals surface area contributed by atoms with Gasteiger partial charge in [-0.3, -0.25) is 9.00 Å². The van der Waals surface area contributed by atoms with E-state index >= 15 is 0 Å². The van der Waals surface area contributed by atoms with E-state index in [1.165, 1.54) is 0 Å². The van der Waals surface area contributed by atoms with E-state index < -0.39 is 10.8 Å². The molecule has 1 unspecified atom stereocenters. The molecular formula is C14H17NO3S. The Morgan fingerprint density at radius 2 is 1.89 bits per heavy atom. The van der Waals surface area contributed by atoms with Gasteiger partial charge in [-0.05, 0) is 37.1 Å². The summed E-state index contributed by atoms with van der Waals surface area (Å²) in [7, 11) is -1.01. The van der Waals surface area contributed by atoms with Gasteiger partial charge in [-0.15, -0.1) is 0 Å². The number of hydrogen-bond donors (Lipinski definition) is 1. The molecule has 2 fully saturated rings. The van der Waals surface area contributed by atoms with Crippen LogP contribution in [0, 0.1) is 5.41 Å². The van der Waals surface area contributed by atoms with Crippen LogP contribution in [-0.4, -0.2) is 45.6 Å². The molecule has 1 saturated heterocycles. The van der Waals surface area contributed by atoms with Gasteiger partial charge in [0.25, 0.3) is 5.91 Å². The van der Waals surface area contributed by atoms with E-state index in [4.69, 9.17) is 0 Å². The summed E-state index contributed by atoms with van der Waals surface area (Å²) >= 11 is 0. The van der Waals surface area contributed by atoms with Crippen molar-refractivity contribution in [2.45, 2.75) is 23.8 Å².